The van der Waals surface area contributed by atoms with Crippen LogP contribution in [0.2, 0.25) is 0 Å². The summed E-state index contributed by atoms with van der Waals surface area (Å²) < 4.78 is 0. The van der Waals surface area contributed by atoms with Crippen molar-refractivity contribution in [3.63, 3.8) is 0 Å². The summed E-state index contributed by atoms with van der Waals surface area (Å²) in [5, 5.41) is 0. The highest BCUT2D eigenvalue weighted by atomic mass is 13.9. The molecule has 0 aromatic carbocycles. The lowest BCUT2D eigenvalue weighted by atomic mass is 10.1. The van der Waals surface area contributed by atoms with Crippen LogP contribution in [0.5, 0.6) is 0 Å². The zero-order chi connectivity index (χ0) is 6.24. The van der Waals surface area contributed by atoms with E-state index in [0.29, 0.717) is 0 Å². The lowest BCUT2D eigenvalue weighted by molar-refractivity contribution is 0.681. The maximum atomic E-state index is 3.77. The smallest absolute Gasteiger partial charge is 0.0417 e. The Hall–Kier alpha value is 0. The first-order valence-electron chi connectivity index (χ1n) is 3.49. The molecule has 0 aliphatic rings. The lowest BCUT2D eigenvalue weighted by Crippen LogP contribution is -1.74. The van der Waals surface area contributed by atoms with Crippen LogP contribution in [0, 0.1) is 13.3 Å². The van der Waals surface area contributed by atoms with Crippen molar-refractivity contribution in [2.24, 2.45) is 0 Å². The molecule has 0 saturated carbocycles. The van der Waals surface area contributed by atoms with E-state index < -0.39 is 0 Å². The fraction of sp³-hybridized carbons (Fsp3) is 0.750. The SMILES string of the molecule is [CH2]CCCCC[CH]C. The average Bonchev–Trinajstić information content (AvgIpc) is 1.81. The molecule has 0 heterocycles. The second-order valence-corrected chi connectivity index (χ2v) is 2.11. The monoisotopic (exact) mass is 112 g/mol. The Labute approximate surface area is 53.3 Å². The molecule has 0 spiro atoms. The maximum Gasteiger partial charge on any atom is -0.0417 e. The van der Waals surface area contributed by atoms with Crippen LogP contribution in [-0.4, -0.2) is 0 Å². The minimum Gasteiger partial charge on any atom is -0.0623 e. The first-order chi connectivity index (χ1) is 3.91. The van der Waals surface area contributed by atoms with Crippen molar-refractivity contribution in [3.05, 3.63) is 13.3 Å². The zero-order valence-corrected chi connectivity index (χ0v) is 5.82. The topological polar surface area (TPSA) is 0 Å². The van der Waals surface area contributed by atoms with Crippen LogP contribution in [0.1, 0.15) is 39.0 Å². The van der Waals surface area contributed by atoms with Gasteiger partial charge < -0.3 is 0 Å². The van der Waals surface area contributed by atoms with Gasteiger partial charge in [-0.15, -0.1) is 0 Å². The van der Waals surface area contributed by atoms with Crippen molar-refractivity contribution < 1.29 is 0 Å². The molecule has 0 N–H and O–H groups in total. The predicted molar refractivity (Wildman–Crippen MR) is 38.4 cm³/mol. The van der Waals surface area contributed by atoms with E-state index in [1.165, 1.54) is 25.7 Å². The van der Waals surface area contributed by atoms with Crippen LogP contribution in [0.15, 0.2) is 0 Å². The van der Waals surface area contributed by atoms with Gasteiger partial charge in [-0.1, -0.05) is 46.0 Å². The van der Waals surface area contributed by atoms with Crippen LogP contribution in [0.4, 0.5) is 0 Å². The van der Waals surface area contributed by atoms with E-state index in [1.54, 1.807) is 0 Å². The van der Waals surface area contributed by atoms with E-state index in [2.05, 4.69) is 20.3 Å². The van der Waals surface area contributed by atoms with E-state index in [9.17, 15) is 0 Å². The molecule has 48 valence electrons. The Balaban J connectivity index is 2.53. The highest BCUT2D eigenvalue weighted by molar-refractivity contribution is 4.55. The molecule has 0 fully saturated rings. The molecule has 0 rings (SSSR count). The van der Waals surface area contributed by atoms with Crippen molar-refractivity contribution in [1.82, 2.24) is 0 Å². The average molecular weight is 112 g/mol. The molecule has 0 bridgehead atoms. The minimum absolute atomic E-state index is 1.10. The second kappa shape index (κ2) is 7.00. The first kappa shape index (κ1) is 8.00. The summed E-state index contributed by atoms with van der Waals surface area (Å²) in [7, 11) is 0. The Morgan fingerprint density at radius 1 is 1.25 bits per heavy atom. The third-order valence-electron chi connectivity index (χ3n) is 1.24. The second-order valence-electron chi connectivity index (χ2n) is 2.11. The van der Waals surface area contributed by atoms with Crippen molar-refractivity contribution in [1.29, 1.82) is 0 Å². The summed E-state index contributed by atoms with van der Waals surface area (Å²) >= 11 is 0. The largest absolute Gasteiger partial charge is 0.0623 e. The molecule has 0 amide bonds. The van der Waals surface area contributed by atoms with Gasteiger partial charge in [0.2, 0.25) is 0 Å². The molecule has 0 aromatic heterocycles. The summed E-state index contributed by atoms with van der Waals surface area (Å²) in [6.45, 7) is 5.89. The first-order valence-corrected chi connectivity index (χ1v) is 3.49. The molecule has 0 aliphatic carbocycles. The summed E-state index contributed by atoms with van der Waals surface area (Å²) in [5.74, 6) is 0. The van der Waals surface area contributed by atoms with E-state index >= 15 is 0 Å². The quantitative estimate of drug-likeness (QED) is 0.479. The summed E-state index contributed by atoms with van der Waals surface area (Å²) in [6, 6.07) is 0. The van der Waals surface area contributed by atoms with Gasteiger partial charge in [-0.05, 0) is 6.42 Å². The number of hydrogen-bond donors (Lipinski definition) is 0. The van der Waals surface area contributed by atoms with Crippen LogP contribution in [0.3, 0.4) is 0 Å². The standard InChI is InChI=1S/C8H16/c1-3-5-7-8-6-4-2/h4H,1,3,5-8H2,2H3. The van der Waals surface area contributed by atoms with Gasteiger partial charge in [-0.3, -0.25) is 0 Å². The number of rotatable bonds is 5. The highest BCUT2D eigenvalue weighted by Crippen LogP contribution is 2.02. The van der Waals surface area contributed by atoms with E-state index in [1.807, 2.05) is 0 Å². The molecule has 0 atom stereocenters. The number of hydrogen-bond acceptors (Lipinski definition) is 0. The van der Waals surface area contributed by atoms with Crippen LogP contribution in [-0.2, 0) is 0 Å². The Kier molecular flexibility index (Phi) is 7.00. The van der Waals surface area contributed by atoms with Gasteiger partial charge in [-0.25, -0.2) is 0 Å². The van der Waals surface area contributed by atoms with Crippen molar-refractivity contribution in [3.8, 4) is 0 Å². The molecule has 0 heteroatoms. The Morgan fingerprint density at radius 3 is 2.50 bits per heavy atom. The Morgan fingerprint density at radius 2 is 2.00 bits per heavy atom. The molecule has 2 radical (unpaired) electrons. The van der Waals surface area contributed by atoms with Gasteiger partial charge >= 0.3 is 0 Å². The van der Waals surface area contributed by atoms with Crippen LogP contribution in [0.25, 0.3) is 0 Å². The molecular formula is C8H16. The maximum absolute atomic E-state index is 3.77. The Bertz CT molecular complexity index is 25.0. The van der Waals surface area contributed by atoms with Crippen LogP contribution >= 0.6 is 0 Å². The van der Waals surface area contributed by atoms with Gasteiger partial charge in [0.25, 0.3) is 0 Å². The van der Waals surface area contributed by atoms with Gasteiger partial charge in [-0.2, -0.15) is 0 Å². The van der Waals surface area contributed by atoms with Crippen LogP contribution < -0.4 is 0 Å². The zero-order valence-electron chi connectivity index (χ0n) is 5.82. The summed E-state index contributed by atoms with van der Waals surface area (Å²) in [4.78, 5) is 0. The molecule has 0 aliphatic heterocycles. The number of unbranched alkanes of at least 4 members (excludes halogenated alkanes) is 5. The van der Waals surface area contributed by atoms with Gasteiger partial charge in [0.05, 0.1) is 0 Å². The van der Waals surface area contributed by atoms with Crippen molar-refractivity contribution in [2.45, 2.75) is 39.0 Å². The fourth-order valence-electron chi connectivity index (χ4n) is 0.702. The van der Waals surface area contributed by atoms with Crippen molar-refractivity contribution in [2.75, 3.05) is 0 Å². The highest BCUT2D eigenvalue weighted by Gasteiger charge is 1.83. The molecule has 0 aromatic rings. The molecule has 0 unspecified atom stereocenters. The van der Waals surface area contributed by atoms with E-state index in [4.69, 9.17) is 0 Å². The van der Waals surface area contributed by atoms with E-state index in [-0.39, 0.29) is 0 Å². The summed E-state index contributed by atoms with van der Waals surface area (Å²) in [5.41, 5.74) is 0. The minimum atomic E-state index is 1.10. The molecule has 0 nitrogen and oxygen atoms in total. The molecule has 8 heavy (non-hydrogen) atoms. The van der Waals surface area contributed by atoms with Gasteiger partial charge in [0.15, 0.2) is 0 Å². The normalized spacial score (nSPS) is 9.75. The third kappa shape index (κ3) is 6.00. The summed E-state index contributed by atoms with van der Waals surface area (Å²) in [6.07, 6.45) is 8.61. The fourth-order valence-corrected chi connectivity index (χ4v) is 0.702. The van der Waals surface area contributed by atoms with Gasteiger partial charge in [0, 0.05) is 0 Å². The van der Waals surface area contributed by atoms with E-state index in [0.717, 1.165) is 6.42 Å². The van der Waals surface area contributed by atoms with Gasteiger partial charge in [0.1, 0.15) is 0 Å². The lowest BCUT2D eigenvalue weighted by Gasteiger charge is -1.93. The molecular weight excluding hydrogens is 96.1 g/mol. The van der Waals surface area contributed by atoms with Crippen molar-refractivity contribution >= 4 is 0 Å². The predicted octanol–water partition coefficient (Wildman–Crippen LogP) is 3.00. The third-order valence-corrected chi connectivity index (χ3v) is 1.24. The molecule has 0 saturated heterocycles.